The Morgan fingerprint density at radius 1 is 1.15 bits per heavy atom. The summed E-state index contributed by atoms with van der Waals surface area (Å²) in [5, 5.41) is 1.21. The summed E-state index contributed by atoms with van der Waals surface area (Å²) in [6.45, 7) is 9.53. The van der Waals surface area contributed by atoms with E-state index in [1.54, 1.807) is 0 Å². The molecule has 1 aliphatic heterocycles. The lowest BCUT2D eigenvalue weighted by Gasteiger charge is -2.36. The van der Waals surface area contributed by atoms with E-state index in [2.05, 4.69) is 55.0 Å². The molecule has 1 aromatic carbocycles. The molecule has 5 nitrogen and oxygen atoms in total. The Hall–Kier alpha value is -2.14. The number of unbranched alkanes of at least 4 members (excludes halogenated alkanes) is 1. The molecule has 0 saturated carbocycles. The highest BCUT2D eigenvalue weighted by atomic mass is 16.2. The summed E-state index contributed by atoms with van der Waals surface area (Å²) in [6.07, 6.45) is 3.01. The number of pyridine rings is 1. The van der Waals surface area contributed by atoms with Crippen molar-refractivity contribution < 1.29 is 4.79 Å². The van der Waals surface area contributed by atoms with E-state index in [1.807, 2.05) is 11.0 Å². The number of nitrogens with zero attached hydrogens (tertiary/aromatic N) is 4. The van der Waals surface area contributed by atoms with Gasteiger partial charge in [0.15, 0.2) is 0 Å². The molecule has 2 heterocycles. The van der Waals surface area contributed by atoms with E-state index in [-0.39, 0.29) is 5.91 Å². The monoisotopic (exact) mass is 368 g/mol. The Labute approximate surface area is 163 Å². The van der Waals surface area contributed by atoms with E-state index in [4.69, 9.17) is 4.98 Å². The van der Waals surface area contributed by atoms with E-state index < -0.39 is 0 Å². The van der Waals surface area contributed by atoms with Gasteiger partial charge < -0.3 is 14.7 Å². The van der Waals surface area contributed by atoms with Crippen molar-refractivity contribution in [3.63, 3.8) is 0 Å². The SMILES string of the molecule is CCCCN(C)CCC(=O)N1CCN(c2cc(C)c3ccccc3n2)CC1. The molecule has 146 valence electrons. The number of carbonyl (C=O) groups is 1. The van der Waals surface area contributed by atoms with Crippen LogP contribution in [0, 0.1) is 6.92 Å². The van der Waals surface area contributed by atoms with Crippen molar-refractivity contribution in [1.29, 1.82) is 0 Å². The summed E-state index contributed by atoms with van der Waals surface area (Å²) in [6, 6.07) is 10.5. The van der Waals surface area contributed by atoms with Gasteiger partial charge in [-0.15, -0.1) is 0 Å². The second kappa shape index (κ2) is 9.18. The Kier molecular flexibility index (Phi) is 6.67. The maximum Gasteiger partial charge on any atom is 0.223 e. The lowest BCUT2D eigenvalue weighted by molar-refractivity contribution is -0.131. The van der Waals surface area contributed by atoms with Gasteiger partial charge in [0.25, 0.3) is 0 Å². The molecule has 3 rings (SSSR count). The minimum atomic E-state index is 0.278. The molecule has 1 aromatic heterocycles. The van der Waals surface area contributed by atoms with Gasteiger partial charge in [-0.25, -0.2) is 4.98 Å². The number of aromatic nitrogens is 1. The van der Waals surface area contributed by atoms with Crippen LogP contribution in [0.1, 0.15) is 31.7 Å². The highest BCUT2D eigenvalue weighted by Gasteiger charge is 2.22. The zero-order chi connectivity index (χ0) is 19.2. The van der Waals surface area contributed by atoms with Crippen molar-refractivity contribution in [2.75, 3.05) is 51.2 Å². The average molecular weight is 369 g/mol. The van der Waals surface area contributed by atoms with E-state index in [0.717, 1.165) is 50.6 Å². The second-order valence-electron chi connectivity index (χ2n) is 7.59. The van der Waals surface area contributed by atoms with Gasteiger partial charge in [0, 0.05) is 44.5 Å². The number of hydrogen-bond acceptors (Lipinski definition) is 4. The Morgan fingerprint density at radius 3 is 2.63 bits per heavy atom. The van der Waals surface area contributed by atoms with Gasteiger partial charge in [0.05, 0.1) is 5.52 Å². The van der Waals surface area contributed by atoms with Crippen molar-refractivity contribution in [3.05, 3.63) is 35.9 Å². The standard InChI is InChI=1S/C22H32N4O/c1-4-5-11-24(3)12-10-22(27)26-15-13-25(14-16-26)21-17-18(2)19-8-6-7-9-20(19)23-21/h6-9,17H,4-5,10-16H2,1-3H3. The van der Waals surface area contributed by atoms with Gasteiger partial charge in [-0.3, -0.25) is 4.79 Å². The minimum Gasteiger partial charge on any atom is -0.353 e. The maximum absolute atomic E-state index is 12.5. The molecule has 0 bridgehead atoms. The quantitative estimate of drug-likeness (QED) is 0.752. The zero-order valence-electron chi connectivity index (χ0n) is 16.9. The first-order chi connectivity index (χ1) is 13.1. The van der Waals surface area contributed by atoms with Crippen LogP contribution in [-0.2, 0) is 4.79 Å². The number of piperazine rings is 1. The van der Waals surface area contributed by atoms with Crippen LogP contribution in [0.4, 0.5) is 5.82 Å². The molecule has 0 aliphatic carbocycles. The molecule has 27 heavy (non-hydrogen) atoms. The van der Waals surface area contributed by atoms with Gasteiger partial charge in [-0.05, 0) is 44.6 Å². The summed E-state index contributed by atoms with van der Waals surface area (Å²) in [5.41, 5.74) is 2.30. The first-order valence-electron chi connectivity index (χ1n) is 10.2. The summed E-state index contributed by atoms with van der Waals surface area (Å²) in [5.74, 6) is 1.30. The number of rotatable bonds is 7. The molecule has 1 aliphatic rings. The number of hydrogen-bond donors (Lipinski definition) is 0. The van der Waals surface area contributed by atoms with Crippen LogP contribution in [0.5, 0.6) is 0 Å². The van der Waals surface area contributed by atoms with Crippen LogP contribution in [0.15, 0.2) is 30.3 Å². The number of carbonyl (C=O) groups excluding carboxylic acids is 1. The molecular weight excluding hydrogens is 336 g/mol. The Bertz CT molecular complexity index is 768. The molecule has 0 radical (unpaired) electrons. The first-order valence-corrected chi connectivity index (χ1v) is 10.2. The molecule has 1 amide bonds. The average Bonchev–Trinajstić information content (AvgIpc) is 2.70. The van der Waals surface area contributed by atoms with Crippen molar-refractivity contribution in [2.24, 2.45) is 0 Å². The predicted octanol–water partition coefficient (Wildman–Crippen LogP) is 3.31. The van der Waals surface area contributed by atoms with Crippen LogP contribution < -0.4 is 4.90 Å². The van der Waals surface area contributed by atoms with Crippen LogP contribution in [0.3, 0.4) is 0 Å². The lowest BCUT2D eigenvalue weighted by Crippen LogP contribution is -2.49. The zero-order valence-corrected chi connectivity index (χ0v) is 16.9. The van der Waals surface area contributed by atoms with Crippen molar-refractivity contribution in [2.45, 2.75) is 33.1 Å². The van der Waals surface area contributed by atoms with E-state index >= 15 is 0 Å². The molecule has 0 N–H and O–H groups in total. The minimum absolute atomic E-state index is 0.278. The Morgan fingerprint density at radius 2 is 1.89 bits per heavy atom. The fourth-order valence-electron chi connectivity index (χ4n) is 3.66. The normalized spacial score (nSPS) is 15.0. The number of anilines is 1. The first kappa shape index (κ1) is 19.6. The van der Waals surface area contributed by atoms with Gasteiger partial charge >= 0.3 is 0 Å². The van der Waals surface area contributed by atoms with Gasteiger partial charge in [-0.2, -0.15) is 0 Å². The fraction of sp³-hybridized carbons (Fsp3) is 0.545. The highest BCUT2D eigenvalue weighted by molar-refractivity contribution is 5.84. The van der Waals surface area contributed by atoms with Crippen molar-refractivity contribution >= 4 is 22.6 Å². The molecule has 5 heteroatoms. The van der Waals surface area contributed by atoms with Gasteiger partial charge in [0.2, 0.25) is 5.91 Å². The molecule has 1 saturated heterocycles. The third-order valence-corrected chi connectivity index (χ3v) is 5.47. The summed E-state index contributed by atoms with van der Waals surface area (Å²) >= 11 is 0. The predicted molar refractivity (Wildman–Crippen MR) is 112 cm³/mol. The molecule has 0 unspecified atom stereocenters. The van der Waals surface area contributed by atoms with Gasteiger partial charge in [0.1, 0.15) is 5.82 Å². The maximum atomic E-state index is 12.5. The lowest BCUT2D eigenvalue weighted by atomic mass is 10.1. The largest absolute Gasteiger partial charge is 0.353 e. The highest BCUT2D eigenvalue weighted by Crippen LogP contribution is 2.23. The van der Waals surface area contributed by atoms with Crippen LogP contribution >= 0.6 is 0 Å². The molecule has 2 aromatic rings. The number of benzene rings is 1. The third kappa shape index (κ3) is 4.98. The smallest absolute Gasteiger partial charge is 0.223 e. The number of para-hydroxylation sites is 1. The van der Waals surface area contributed by atoms with Crippen LogP contribution in [0.25, 0.3) is 10.9 Å². The molecular formula is C22H32N4O. The number of amides is 1. The van der Waals surface area contributed by atoms with Crippen molar-refractivity contribution in [1.82, 2.24) is 14.8 Å². The van der Waals surface area contributed by atoms with E-state index in [0.29, 0.717) is 6.42 Å². The van der Waals surface area contributed by atoms with Crippen molar-refractivity contribution in [3.8, 4) is 0 Å². The summed E-state index contributed by atoms with van der Waals surface area (Å²) in [4.78, 5) is 23.9. The number of fused-ring (bicyclic) bond motifs is 1. The topological polar surface area (TPSA) is 39.7 Å². The van der Waals surface area contributed by atoms with Crippen LogP contribution in [0.2, 0.25) is 0 Å². The van der Waals surface area contributed by atoms with Gasteiger partial charge in [-0.1, -0.05) is 31.5 Å². The molecule has 0 atom stereocenters. The summed E-state index contributed by atoms with van der Waals surface area (Å²) < 4.78 is 0. The fourth-order valence-corrected chi connectivity index (χ4v) is 3.66. The molecule has 1 fully saturated rings. The van der Waals surface area contributed by atoms with E-state index in [9.17, 15) is 4.79 Å². The Balaban J connectivity index is 1.53. The third-order valence-electron chi connectivity index (χ3n) is 5.47. The molecule has 0 spiro atoms. The summed E-state index contributed by atoms with van der Waals surface area (Å²) in [7, 11) is 2.11. The number of aryl methyl sites for hydroxylation is 1. The second-order valence-corrected chi connectivity index (χ2v) is 7.59. The van der Waals surface area contributed by atoms with E-state index in [1.165, 1.54) is 23.8 Å². The van der Waals surface area contributed by atoms with Crippen LogP contribution in [-0.4, -0.2) is 67.0 Å².